The van der Waals surface area contributed by atoms with Crippen LogP contribution in [0.25, 0.3) is 0 Å². The highest BCUT2D eigenvalue weighted by molar-refractivity contribution is 7.89. The van der Waals surface area contributed by atoms with Crippen LogP contribution in [0.4, 0.5) is 10.1 Å². The number of sulfonamides is 1. The van der Waals surface area contributed by atoms with Gasteiger partial charge in [0.05, 0.1) is 0 Å². The van der Waals surface area contributed by atoms with Crippen molar-refractivity contribution < 1.29 is 17.6 Å². The van der Waals surface area contributed by atoms with Crippen molar-refractivity contribution in [3.05, 3.63) is 58.9 Å². The summed E-state index contributed by atoms with van der Waals surface area (Å²) < 4.78 is 39.4. The minimum Gasteiger partial charge on any atom is -0.322 e. The summed E-state index contributed by atoms with van der Waals surface area (Å²) in [6, 6.07) is 9.16. The second-order valence-corrected chi connectivity index (χ2v) is 8.66. The van der Waals surface area contributed by atoms with Crippen LogP contribution in [0.15, 0.2) is 41.3 Å². The van der Waals surface area contributed by atoms with E-state index < -0.39 is 26.6 Å². The van der Waals surface area contributed by atoms with Gasteiger partial charge in [-0.2, -0.15) is 0 Å². The molecule has 0 bridgehead atoms. The van der Waals surface area contributed by atoms with E-state index in [-0.39, 0.29) is 5.56 Å². The molecule has 1 N–H and O–H groups in total. The summed E-state index contributed by atoms with van der Waals surface area (Å²) in [6.07, 6.45) is 4.09. The number of nitrogens with one attached hydrogen (secondary N) is 1. The lowest BCUT2D eigenvalue weighted by molar-refractivity contribution is 0.102. The number of halogens is 1. The van der Waals surface area contributed by atoms with Gasteiger partial charge in [-0.25, -0.2) is 17.1 Å². The van der Waals surface area contributed by atoms with Crippen LogP contribution in [-0.4, -0.2) is 32.7 Å². The quantitative estimate of drug-likeness (QED) is 0.891. The molecule has 0 atom stereocenters. The molecule has 2 aromatic carbocycles. The first-order valence-corrected chi connectivity index (χ1v) is 9.89. The second-order valence-electron chi connectivity index (χ2n) is 6.54. The highest BCUT2D eigenvalue weighted by Crippen LogP contribution is 2.28. The minimum absolute atomic E-state index is 0.0974. The first kappa shape index (κ1) is 18.5. The van der Waals surface area contributed by atoms with E-state index in [1.165, 1.54) is 25.7 Å². The molecule has 0 aliphatic heterocycles. The largest absolute Gasteiger partial charge is 0.322 e. The van der Waals surface area contributed by atoms with Gasteiger partial charge in [0.2, 0.25) is 10.0 Å². The van der Waals surface area contributed by atoms with Gasteiger partial charge in [-0.1, -0.05) is 12.1 Å². The van der Waals surface area contributed by atoms with Crippen molar-refractivity contribution in [3.8, 4) is 0 Å². The minimum atomic E-state index is -3.97. The number of hydrogen-bond acceptors (Lipinski definition) is 3. The van der Waals surface area contributed by atoms with Crippen molar-refractivity contribution in [1.82, 2.24) is 4.31 Å². The molecular formula is C19H21FN2O3S. The lowest BCUT2D eigenvalue weighted by Crippen LogP contribution is -2.24. The summed E-state index contributed by atoms with van der Waals surface area (Å²) in [5.41, 5.74) is 3.17. The molecule has 0 spiro atoms. The molecule has 0 fully saturated rings. The van der Waals surface area contributed by atoms with Crippen LogP contribution < -0.4 is 5.32 Å². The number of nitrogens with zero attached hydrogens (tertiary/aromatic N) is 1. The van der Waals surface area contributed by atoms with Crippen molar-refractivity contribution in [1.29, 1.82) is 0 Å². The fourth-order valence-electron chi connectivity index (χ4n) is 3.13. The Bertz CT molecular complexity index is 955. The maximum absolute atomic E-state index is 14.0. The van der Waals surface area contributed by atoms with Crippen molar-refractivity contribution in [3.63, 3.8) is 0 Å². The molecule has 5 nitrogen and oxygen atoms in total. The Morgan fingerprint density at radius 1 is 1.12 bits per heavy atom. The zero-order valence-corrected chi connectivity index (χ0v) is 15.6. The molecule has 0 saturated carbocycles. The fourth-order valence-corrected chi connectivity index (χ4v) is 4.12. The SMILES string of the molecule is CN(C)S(=O)(=O)c1cc(C(=O)Nc2cccc3c2CCCC3)ccc1F. The maximum Gasteiger partial charge on any atom is 0.255 e. The number of hydrogen-bond donors (Lipinski definition) is 1. The molecule has 138 valence electrons. The number of carbonyl (C=O) groups is 1. The van der Waals surface area contributed by atoms with Crippen molar-refractivity contribution in [2.45, 2.75) is 30.6 Å². The van der Waals surface area contributed by atoms with E-state index in [0.717, 1.165) is 53.4 Å². The van der Waals surface area contributed by atoms with Crippen LogP contribution in [0.1, 0.15) is 34.3 Å². The summed E-state index contributed by atoms with van der Waals surface area (Å²) in [7, 11) is -1.34. The van der Waals surface area contributed by atoms with Gasteiger partial charge in [-0.05, 0) is 61.1 Å². The number of fused-ring (bicyclic) bond motifs is 1. The Morgan fingerprint density at radius 3 is 2.58 bits per heavy atom. The Morgan fingerprint density at radius 2 is 1.85 bits per heavy atom. The number of aryl methyl sites for hydroxylation is 1. The number of benzene rings is 2. The van der Waals surface area contributed by atoms with E-state index in [9.17, 15) is 17.6 Å². The molecular weight excluding hydrogens is 355 g/mol. The monoisotopic (exact) mass is 376 g/mol. The van der Waals surface area contributed by atoms with Crippen molar-refractivity contribution in [2.75, 3.05) is 19.4 Å². The van der Waals surface area contributed by atoms with Crippen molar-refractivity contribution >= 4 is 21.6 Å². The molecule has 26 heavy (non-hydrogen) atoms. The number of anilines is 1. The molecule has 1 amide bonds. The zero-order chi connectivity index (χ0) is 18.9. The molecule has 0 saturated heterocycles. The predicted octanol–water partition coefficient (Wildman–Crippen LogP) is 3.21. The summed E-state index contributed by atoms with van der Waals surface area (Å²) in [6.45, 7) is 0. The van der Waals surface area contributed by atoms with E-state index in [0.29, 0.717) is 0 Å². The average Bonchev–Trinajstić information content (AvgIpc) is 2.62. The Balaban J connectivity index is 1.93. The number of rotatable bonds is 4. The van der Waals surface area contributed by atoms with Crippen LogP contribution in [0.3, 0.4) is 0 Å². The summed E-state index contributed by atoms with van der Waals surface area (Å²) in [4.78, 5) is 12.1. The molecule has 3 rings (SSSR count). The van der Waals surface area contributed by atoms with Crippen LogP contribution in [0, 0.1) is 5.82 Å². The molecule has 0 radical (unpaired) electrons. The summed E-state index contributed by atoms with van der Waals surface area (Å²) >= 11 is 0. The third-order valence-corrected chi connectivity index (χ3v) is 6.43. The Hall–Kier alpha value is -2.25. The smallest absolute Gasteiger partial charge is 0.255 e. The number of carbonyl (C=O) groups excluding carboxylic acids is 1. The first-order chi connectivity index (χ1) is 12.3. The van der Waals surface area contributed by atoms with E-state index >= 15 is 0 Å². The maximum atomic E-state index is 14.0. The van der Waals surface area contributed by atoms with Gasteiger partial charge in [0, 0.05) is 25.3 Å². The first-order valence-electron chi connectivity index (χ1n) is 8.45. The van der Waals surface area contributed by atoms with E-state index in [2.05, 4.69) is 11.4 Å². The zero-order valence-electron chi connectivity index (χ0n) is 14.8. The summed E-state index contributed by atoms with van der Waals surface area (Å²) in [5, 5.41) is 2.84. The molecule has 1 aliphatic carbocycles. The average molecular weight is 376 g/mol. The molecule has 0 aromatic heterocycles. The van der Waals surface area contributed by atoms with Crippen LogP contribution in [0.2, 0.25) is 0 Å². The highest BCUT2D eigenvalue weighted by Gasteiger charge is 2.24. The van der Waals surface area contributed by atoms with Gasteiger partial charge in [-0.3, -0.25) is 4.79 Å². The van der Waals surface area contributed by atoms with E-state index in [4.69, 9.17) is 0 Å². The molecule has 1 aliphatic rings. The van der Waals surface area contributed by atoms with Gasteiger partial charge >= 0.3 is 0 Å². The number of amides is 1. The lowest BCUT2D eigenvalue weighted by Gasteiger charge is -2.19. The highest BCUT2D eigenvalue weighted by atomic mass is 32.2. The lowest BCUT2D eigenvalue weighted by atomic mass is 9.90. The molecule has 7 heteroatoms. The fraction of sp³-hybridized carbons (Fsp3) is 0.316. The third-order valence-electron chi connectivity index (χ3n) is 4.60. The van der Waals surface area contributed by atoms with Gasteiger partial charge in [0.15, 0.2) is 0 Å². The van der Waals surface area contributed by atoms with Crippen molar-refractivity contribution in [2.24, 2.45) is 0 Å². The van der Waals surface area contributed by atoms with E-state index in [1.54, 1.807) is 0 Å². The molecule has 0 heterocycles. The van der Waals surface area contributed by atoms with Gasteiger partial charge < -0.3 is 5.32 Å². The normalized spacial score (nSPS) is 14.2. The van der Waals surface area contributed by atoms with Crippen LogP contribution in [0.5, 0.6) is 0 Å². The van der Waals surface area contributed by atoms with Gasteiger partial charge in [0.25, 0.3) is 5.91 Å². The van der Waals surface area contributed by atoms with E-state index in [1.807, 2.05) is 12.1 Å². The molecule has 2 aromatic rings. The van der Waals surface area contributed by atoms with Crippen LogP contribution >= 0.6 is 0 Å². The second kappa shape index (κ2) is 7.17. The standard InChI is InChI=1S/C19H21FN2O3S/c1-22(2)26(24,25)18-12-14(10-11-16(18)20)19(23)21-17-9-5-7-13-6-3-4-8-15(13)17/h5,7,9-12H,3-4,6,8H2,1-2H3,(H,21,23). The van der Waals surface area contributed by atoms with Gasteiger partial charge in [0.1, 0.15) is 10.7 Å². The van der Waals surface area contributed by atoms with Gasteiger partial charge in [-0.15, -0.1) is 0 Å². The summed E-state index contributed by atoms with van der Waals surface area (Å²) in [5.74, 6) is -1.34. The Labute approximate surface area is 152 Å². The third kappa shape index (κ3) is 3.50. The predicted molar refractivity (Wildman–Crippen MR) is 98.3 cm³/mol. The van der Waals surface area contributed by atoms with Crippen LogP contribution in [-0.2, 0) is 22.9 Å². The Kier molecular flexibility index (Phi) is 5.11. The molecule has 0 unspecified atom stereocenters. The topological polar surface area (TPSA) is 66.5 Å².